The first kappa shape index (κ1) is 12.1. The minimum Gasteiger partial charge on any atom is -0.370 e. The topological polar surface area (TPSA) is 49.8 Å². The highest BCUT2D eigenvalue weighted by Gasteiger charge is 2.38. The highest BCUT2D eigenvalue weighted by molar-refractivity contribution is 5.57. The minimum absolute atomic E-state index is 0.128. The lowest BCUT2D eigenvalue weighted by molar-refractivity contribution is 0.492. The fraction of sp³-hybridized carbons (Fsp3) is 0.692. The van der Waals surface area contributed by atoms with Crippen LogP contribution in [0.3, 0.4) is 0 Å². The van der Waals surface area contributed by atoms with Gasteiger partial charge in [-0.25, -0.2) is 9.97 Å². The molecule has 4 nitrogen and oxygen atoms in total. The van der Waals surface area contributed by atoms with Gasteiger partial charge in [-0.3, -0.25) is 0 Å². The molecule has 1 fully saturated rings. The van der Waals surface area contributed by atoms with Gasteiger partial charge in [0.15, 0.2) is 0 Å². The molecule has 0 radical (unpaired) electrons. The molecule has 0 saturated heterocycles. The van der Waals surface area contributed by atoms with Crippen molar-refractivity contribution < 1.29 is 0 Å². The van der Waals surface area contributed by atoms with E-state index in [9.17, 15) is 0 Å². The molecule has 2 N–H and O–H groups in total. The highest BCUT2D eigenvalue weighted by Crippen LogP contribution is 2.41. The third kappa shape index (κ3) is 2.68. The van der Waals surface area contributed by atoms with Crippen LogP contribution in [0.1, 0.15) is 39.2 Å². The molecular formula is C13H22N4. The summed E-state index contributed by atoms with van der Waals surface area (Å²) in [6, 6.07) is 0. The van der Waals surface area contributed by atoms with Crippen molar-refractivity contribution in [2.24, 2.45) is 5.92 Å². The maximum absolute atomic E-state index is 4.35. The van der Waals surface area contributed by atoms with Crippen LogP contribution in [0.5, 0.6) is 0 Å². The average molecular weight is 234 g/mol. The average Bonchev–Trinajstić information content (AvgIpc) is 3.08. The number of rotatable bonds is 5. The van der Waals surface area contributed by atoms with Crippen LogP contribution in [-0.4, -0.2) is 22.1 Å². The quantitative estimate of drug-likeness (QED) is 0.822. The van der Waals surface area contributed by atoms with E-state index in [2.05, 4.69) is 48.3 Å². The molecule has 0 aliphatic heterocycles. The molecule has 2 rings (SSSR count). The molecule has 0 aromatic carbocycles. The van der Waals surface area contributed by atoms with Gasteiger partial charge in [-0.2, -0.15) is 0 Å². The fourth-order valence-corrected chi connectivity index (χ4v) is 2.13. The number of nitrogens with one attached hydrogen (secondary N) is 2. The normalized spacial score (nSPS) is 15.8. The summed E-state index contributed by atoms with van der Waals surface area (Å²) in [6.07, 6.45) is 4.27. The van der Waals surface area contributed by atoms with E-state index in [1.54, 1.807) is 6.33 Å². The predicted molar refractivity (Wildman–Crippen MR) is 71.4 cm³/mol. The zero-order chi connectivity index (χ0) is 12.5. The fourth-order valence-electron chi connectivity index (χ4n) is 2.13. The molecule has 0 bridgehead atoms. The van der Waals surface area contributed by atoms with Gasteiger partial charge in [0.1, 0.15) is 18.0 Å². The number of anilines is 2. The van der Waals surface area contributed by atoms with Crippen LogP contribution in [0.15, 0.2) is 6.33 Å². The molecule has 1 aromatic heterocycles. The van der Waals surface area contributed by atoms with Crippen LogP contribution in [-0.2, 0) is 0 Å². The third-order valence-corrected chi connectivity index (χ3v) is 3.47. The molecule has 17 heavy (non-hydrogen) atoms. The van der Waals surface area contributed by atoms with Crippen molar-refractivity contribution in [3.8, 4) is 0 Å². The Labute approximate surface area is 103 Å². The molecule has 1 heterocycles. The maximum Gasteiger partial charge on any atom is 0.134 e. The van der Waals surface area contributed by atoms with Crippen molar-refractivity contribution in [3.63, 3.8) is 0 Å². The summed E-state index contributed by atoms with van der Waals surface area (Å²) < 4.78 is 0. The summed E-state index contributed by atoms with van der Waals surface area (Å²) in [6.45, 7) is 9.51. The highest BCUT2D eigenvalue weighted by atomic mass is 15.1. The van der Waals surface area contributed by atoms with Gasteiger partial charge >= 0.3 is 0 Å². The molecule has 1 aliphatic rings. The summed E-state index contributed by atoms with van der Waals surface area (Å²) in [5, 5.41) is 6.81. The SMILES string of the molecule is CCNc1ncnc(NC(C)(C)C2CC2)c1C. The number of hydrogen-bond acceptors (Lipinski definition) is 4. The van der Waals surface area contributed by atoms with Gasteiger partial charge in [-0.15, -0.1) is 0 Å². The van der Waals surface area contributed by atoms with Gasteiger partial charge in [-0.1, -0.05) is 0 Å². The summed E-state index contributed by atoms with van der Waals surface area (Å²) in [5.41, 5.74) is 1.23. The van der Waals surface area contributed by atoms with E-state index in [1.165, 1.54) is 12.8 Å². The van der Waals surface area contributed by atoms with E-state index in [0.29, 0.717) is 0 Å². The van der Waals surface area contributed by atoms with Crippen molar-refractivity contribution in [2.45, 2.75) is 46.1 Å². The van der Waals surface area contributed by atoms with Crippen molar-refractivity contribution in [1.29, 1.82) is 0 Å². The van der Waals surface area contributed by atoms with E-state index < -0.39 is 0 Å². The Kier molecular flexibility index (Phi) is 3.22. The summed E-state index contributed by atoms with van der Waals surface area (Å²) in [5.74, 6) is 2.66. The van der Waals surface area contributed by atoms with Gasteiger partial charge in [0, 0.05) is 17.6 Å². The summed E-state index contributed by atoms with van der Waals surface area (Å²) in [4.78, 5) is 8.61. The Morgan fingerprint density at radius 1 is 1.29 bits per heavy atom. The first-order valence-electron chi connectivity index (χ1n) is 6.38. The Morgan fingerprint density at radius 3 is 2.53 bits per heavy atom. The van der Waals surface area contributed by atoms with Crippen LogP contribution >= 0.6 is 0 Å². The van der Waals surface area contributed by atoms with E-state index >= 15 is 0 Å². The van der Waals surface area contributed by atoms with Gasteiger partial charge in [0.05, 0.1) is 0 Å². The molecule has 1 saturated carbocycles. The van der Waals surface area contributed by atoms with E-state index in [4.69, 9.17) is 0 Å². The zero-order valence-electron chi connectivity index (χ0n) is 11.2. The van der Waals surface area contributed by atoms with Crippen LogP contribution in [0.2, 0.25) is 0 Å². The van der Waals surface area contributed by atoms with Crippen molar-refractivity contribution in [1.82, 2.24) is 9.97 Å². The molecule has 1 aliphatic carbocycles. The van der Waals surface area contributed by atoms with Crippen molar-refractivity contribution in [2.75, 3.05) is 17.2 Å². The number of aromatic nitrogens is 2. The lowest BCUT2D eigenvalue weighted by atomic mass is 9.98. The van der Waals surface area contributed by atoms with Crippen LogP contribution in [0, 0.1) is 12.8 Å². The van der Waals surface area contributed by atoms with Crippen LogP contribution < -0.4 is 10.6 Å². The van der Waals surface area contributed by atoms with Crippen molar-refractivity contribution >= 4 is 11.6 Å². The molecule has 94 valence electrons. The number of hydrogen-bond donors (Lipinski definition) is 2. The third-order valence-electron chi connectivity index (χ3n) is 3.47. The Morgan fingerprint density at radius 2 is 1.94 bits per heavy atom. The second-order valence-electron chi connectivity index (χ2n) is 5.35. The van der Waals surface area contributed by atoms with E-state index in [0.717, 1.165) is 29.7 Å². The molecule has 0 amide bonds. The van der Waals surface area contributed by atoms with Crippen LogP contribution in [0.4, 0.5) is 11.6 Å². The molecule has 1 aromatic rings. The molecule has 0 spiro atoms. The first-order valence-corrected chi connectivity index (χ1v) is 6.38. The van der Waals surface area contributed by atoms with E-state index in [-0.39, 0.29) is 5.54 Å². The zero-order valence-corrected chi connectivity index (χ0v) is 11.2. The Balaban J connectivity index is 2.17. The molecule has 0 unspecified atom stereocenters. The van der Waals surface area contributed by atoms with Gasteiger partial charge < -0.3 is 10.6 Å². The predicted octanol–water partition coefficient (Wildman–Crippen LogP) is 2.82. The standard InChI is InChI=1S/C13H22N4/c1-5-14-11-9(2)12(16-8-15-11)17-13(3,4)10-6-7-10/h8,10H,5-7H2,1-4H3,(H2,14,15,16,17). The van der Waals surface area contributed by atoms with Crippen LogP contribution in [0.25, 0.3) is 0 Å². The van der Waals surface area contributed by atoms with Gasteiger partial charge in [0.2, 0.25) is 0 Å². The van der Waals surface area contributed by atoms with Gasteiger partial charge in [0.25, 0.3) is 0 Å². The first-order chi connectivity index (χ1) is 8.04. The monoisotopic (exact) mass is 234 g/mol. The molecule has 0 atom stereocenters. The molecular weight excluding hydrogens is 212 g/mol. The Bertz CT molecular complexity index is 396. The maximum atomic E-state index is 4.35. The lowest BCUT2D eigenvalue weighted by Gasteiger charge is -2.28. The number of nitrogens with zero attached hydrogens (tertiary/aromatic N) is 2. The minimum atomic E-state index is 0.128. The second-order valence-corrected chi connectivity index (χ2v) is 5.35. The lowest BCUT2D eigenvalue weighted by Crippen LogP contribution is -2.34. The second kappa shape index (κ2) is 4.51. The van der Waals surface area contributed by atoms with Gasteiger partial charge in [-0.05, 0) is 46.5 Å². The van der Waals surface area contributed by atoms with E-state index in [1.807, 2.05) is 0 Å². The smallest absolute Gasteiger partial charge is 0.134 e. The summed E-state index contributed by atoms with van der Waals surface area (Å²) in [7, 11) is 0. The van der Waals surface area contributed by atoms with Crippen molar-refractivity contribution in [3.05, 3.63) is 11.9 Å². The summed E-state index contributed by atoms with van der Waals surface area (Å²) >= 11 is 0. The largest absolute Gasteiger partial charge is 0.370 e. The molecule has 4 heteroatoms. The Hall–Kier alpha value is -1.32.